The number of epoxide rings is 1. The molecule has 2 saturated carbocycles. The summed E-state index contributed by atoms with van der Waals surface area (Å²) in [6.07, 6.45) is 8.71. The lowest BCUT2D eigenvalue weighted by Gasteiger charge is -2.61. The van der Waals surface area contributed by atoms with Gasteiger partial charge >= 0.3 is 11.9 Å². The van der Waals surface area contributed by atoms with E-state index in [1.807, 2.05) is 19.1 Å². The van der Waals surface area contributed by atoms with Crippen molar-refractivity contribution in [1.29, 1.82) is 0 Å². The normalized spacial score (nSPS) is 50.0. The Bertz CT molecular complexity index is 1290. The van der Waals surface area contributed by atoms with Crippen LogP contribution in [0.15, 0.2) is 48.1 Å². The summed E-state index contributed by atoms with van der Waals surface area (Å²) in [6.45, 7) is 12.2. The Kier molecular flexibility index (Phi) is 6.87. The molecule has 10 nitrogen and oxygen atoms in total. The molecule has 0 aromatic carbocycles. The van der Waals surface area contributed by atoms with Crippen LogP contribution in [0.5, 0.6) is 0 Å². The minimum Gasteiger partial charge on any atom is -0.459 e. The zero-order chi connectivity index (χ0) is 30.5. The van der Waals surface area contributed by atoms with Gasteiger partial charge in [0.05, 0.1) is 12.2 Å². The number of aliphatic hydroxyl groups is 3. The maximum absolute atomic E-state index is 13.7. The van der Waals surface area contributed by atoms with Crippen molar-refractivity contribution in [3.05, 3.63) is 48.1 Å². The lowest BCUT2D eigenvalue weighted by molar-refractivity contribution is -0.407. The summed E-state index contributed by atoms with van der Waals surface area (Å²) in [7, 11) is 0. The topological polar surface area (TPSA) is 144 Å². The first-order chi connectivity index (χ1) is 19.8. The molecule has 230 valence electrons. The standard InChI is InChI=1S/C32H42O10/c1-7-8-9-10-11-12-13-14-29-40-26-22-25-28(16-33,39-25)27(36)30(37)21(15-18(4)23(30)35)32(22,42-29)19(5)24(38-20(6)34)31(26,41-29)17(2)3/h11-15,19,21-22,24-27,33,36-37H,2,7-10,16H2,1,3-6H3/b12-11+,14-13+/t19-,21+,22+,24+,25-,26+,27-,28+,29-,30+,31+,32-/m1/s1. The lowest BCUT2D eigenvalue weighted by Crippen LogP contribution is -2.76. The SMILES string of the molecule is C=C(C)[C@@]12O[C@@]3(/C=C/C=C/CCCCC)O[C@H]1[C@@H]1[C@H]4O[C@]4(CO)[C@@H](O)[C@@]4(O)C(=O)C(C)=C[C@@H]4[C@]1(O3)[C@H](C)[C@@H]2OC(C)=O. The third-order valence-corrected chi connectivity index (χ3v) is 10.6. The first kappa shape index (κ1) is 29.9. The number of carbonyl (C=O) groups excluding carboxylic acids is 2. The van der Waals surface area contributed by atoms with Gasteiger partial charge in [-0.25, -0.2) is 0 Å². The lowest BCUT2D eigenvalue weighted by atomic mass is 9.53. The predicted molar refractivity (Wildman–Crippen MR) is 149 cm³/mol. The van der Waals surface area contributed by atoms with E-state index in [1.165, 1.54) is 6.92 Å². The molecule has 0 spiro atoms. The van der Waals surface area contributed by atoms with E-state index in [1.54, 1.807) is 32.1 Å². The van der Waals surface area contributed by atoms with Crippen LogP contribution >= 0.6 is 0 Å². The maximum atomic E-state index is 13.7. The van der Waals surface area contributed by atoms with E-state index in [0.29, 0.717) is 5.57 Å². The second kappa shape index (κ2) is 9.66. The van der Waals surface area contributed by atoms with E-state index in [0.717, 1.165) is 25.7 Å². The fourth-order valence-electron chi connectivity index (χ4n) is 8.66. The first-order valence-electron chi connectivity index (χ1n) is 15.0. The Morgan fingerprint density at radius 2 is 1.90 bits per heavy atom. The molecule has 3 aliphatic carbocycles. The number of hydrogen-bond acceptors (Lipinski definition) is 10. The highest BCUT2D eigenvalue weighted by Crippen LogP contribution is 2.73. The van der Waals surface area contributed by atoms with Crippen LogP contribution in [0, 0.1) is 17.8 Å². The Hall–Kier alpha value is -2.18. The zero-order valence-electron chi connectivity index (χ0n) is 24.9. The number of ketones is 1. The molecule has 3 N–H and O–H groups in total. The van der Waals surface area contributed by atoms with E-state index in [9.17, 15) is 24.9 Å². The highest BCUT2D eigenvalue weighted by Gasteiger charge is 2.90. The molecule has 10 heteroatoms. The molecule has 0 aromatic rings. The summed E-state index contributed by atoms with van der Waals surface area (Å²) in [5.74, 6) is -5.58. The number of hydrogen-bond donors (Lipinski definition) is 3. The fraction of sp³-hybridized carbons (Fsp3) is 0.688. The van der Waals surface area contributed by atoms with Crippen LogP contribution in [0.4, 0.5) is 0 Å². The number of fused-ring (bicyclic) bond motifs is 3. The second-order valence-electron chi connectivity index (χ2n) is 12.9. The van der Waals surface area contributed by atoms with E-state index in [4.69, 9.17) is 23.7 Å². The third-order valence-electron chi connectivity index (χ3n) is 10.6. The predicted octanol–water partition coefficient (Wildman–Crippen LogP) is 2.41. The molecule has 6 rings (SSSR count). The Morgan fingerprint density at radius 1 is 1.17 bits per heavy atom. The number of Topliss-reactive ketones (excluding diaryl/α,β-unsaturated/α-hetero) is 1. The van der Waals surface area contributed by atoms with Crippen LogP contribution in [0.25, 0.3) is 0 Å². The fourth-order valence-corrected chi connectivity index (χ4v) is 8.66. The maximum Gasteiger partial charge on any atom is 0.307 e. The molecule has 6 aliphatic rings. The molecule has 5 fully saturated rings. The van der Waals surface area contributed by atoms with E-state index in [-0.39, 0.29) is 5.57 Å². The van der Waals surface area contributed by atoms with Crippen molar-refractivity contribution in [2.45, 2.75) is 113 Å². The first-order valence-corrected chi connectivity index (χ1v) is 15.0. The Labute approximate surface area is 246 Å². The molecular formula is C32H42O10. The Balaban J connectivity index is 1.55. The summed E-state index contributed by atoms with van der Waals surface area (Å²) >= 11 is 0. The smallest absolute Gasteiger partial charge is 0.307 e. The summed E-state index contributed by atoms with van der Waals surface area (Å²) in [5, 5.41) is 34.4. The van der Waals surface area contributed by atoms with Gasteiger partial charge in [0.1, 0.15) is 30.0 Å². The van der Waals surface area contributed by atoms with Crippen molar-refractivity contribution in [1.82, 2.24) is 0 Å². The second-order valence-corrected chi connectivity index (χ2v) is 12.9. The van der Waals surface area contributed by atoms with E-state index in [2.05, 4.69) is 13.5 Å². The molecule has 3 saturated heterocycles. The average Bonchev–Trinajstić information content (AvgIpc) is 3.57. The largest absolute Gasteiger partial charge is 0.459 e. The quantitative estimate of drug-likeness (QED) is 0.121. The highest BCUT2D eigenvalue weighted by molar-refractivity contribution is 6.05. The van der Waals surface area contributed by atoms with E-state index < -0.39 is 88.9 Å². The number of ether oxygens (including phenoxy) is 5. The van der Waals surface area contributed by atoms with Gasteiger partial charge in [0.25, 0.3) is 0 Å². The highest BCUT2D eigenvalue weighted by atomic mass is 16.9. The van der Waals surface area contributed by atoms with Gasteiger partial charge in [0.15, 0.2) is 17.0 Å². The van der Waals surface area contributed by atoms with Gasteiger partial charge in [-0.15, -0.1) is 0 Å². The van der Waals surface area contributed by atoms with Gasteiger partial charge in [0.2, 0.25) is 0 Å². The molecule has 0 aromatic heterocycles. The number of aliphatic hydroxyl groups excluding tert-OH is 2. The van der Waals surface area contributed by atoms with Crippen LogP contribution in [0.1, 0.15) is 60.3 Å². The zero-order valence-corrected chi connectivity index (χ0v) is 24.9. The minimum absolute atomic E-state index is 0.248. The van der Waals surface area contributed by atoms with Crippen molar-refractivity contribution in [2.24, 2.45) is 17.8 Å². The Morgan fingerprint density at radius 3 is 2.55 bits per heavy atom. The molecule has 42 heavy (non-hydrogen) atoms. The molecule has 0 radical (unpaired) electrons. The summed E-state index contributed by atoms with van der Waals surface area (Å²) in [5.41, 5.74) is -6.12. The van der Waals surface area contributed by atoms with E-state index >= 15 is 0 Å². The third kappa shape index (κ3) is 3.51. The van der Waals surface area contributed by atoms with Gasteiger partial charge in [-0.05, 0) is 37.8 Å². The van der Waals surface area contributed by atoms with Gasteiger partial charge in [0, 0.05) is 30.8 Å². The van der Waals surface area contributed by atoms with Crippen LogP contribution in [-0.4, -0.2) is 86.5 Å². The summed E-state index contributed by atoms with van der Waals surface area (Å²) in [4.78, 5) is 26.2. The van der Waals surface area contributed by atoms with Crippen molar-refractivity contribution in [3.8, 4) is 0 Å². The van der Waals surface area contributed by atoms with Crippen LogP contribution in [0.2, 0.25) is 0 Å². The van der Waals surface area contributed by atoms with Crippen LogP contribution in [-0.2, 0) is 33.3 Å². The van der Waals surface area contributed by atoms with Crippen LogP contribution in [0.3, 0.4) is 0 Å². The number of esters is 1. The molecule has 12 atom stereocenters. The molecule has 3 heterocycles. The molecular weight excluding hydrogens is 544 g/mol. The molecule has 3 aliphatic heterocycles. The molecule has 3 bridgehead atoms. The van der Waals surface area contributed by atoms with Crippen molar-refractivity contribution in [2.75, 3.05) is 6.61 Å². The number of unbranched alkanes of at least 4 members (excludes halogenated alkanes) is 3. The summed E-state index contributed by atoms with van der Waals surface area (Å²) in [6, 6.07) is 0. The van der Waals surface area contributed by atoms with Gasteiger partial charge in [-0.2, -0.15) is 0 Å². The van der Waals surface area contributed by atoms with Crippen LogP contribution < -0.4 is 0 Å². The number of allylic oxidation sites excluding steroid dienone is 3. The van der Waals surface area contributed by atoms with Crippen molar-refractivity contribution in [3.63, 3.8) is 0 Å². The molecule has 0 amide bonds. The van der Waals surface area contributed by atoms with Crippen molar-refractivity contribution >= 4 is 11.8 Å². The monoisotopic (exact) mass is 586 g/mol. The average molecular weight is 587 g/mol. The minimum atomic E-state index is -2.38. The summed E-state index contributed by atoms with van der Waals surface area (Å²) < 4.78 is 32.4. The van der Waals surface area contributed by atoms with Gasteiger partial charge in [-0.1, -0.05) is 57.6 Å². The number of rotatable bonds is 9. The van der Waals surface area contributed by atoms with Gasteiger partial charge in [-0.3, -0.25) is 9.59 Å². The van der Waals surface area contributed by atoms with Crippen molar-refractivity contribution < 1.29 is 48.6 Å². The molecule has 0 unspecified atom stereocenters. The number of carbonyl (C=O) groups is 2. The van der Waals surface area contributed by atoms with Gasteiger partial charge < -0.3 is 39.0 Å².